The highest BCUT2D eigenvalue weighted by atomic mass is 79.9. The molecule has 1 atom stereocenters. The Hall–Kier alpha value is -3.86. The number of halogens is 2. The van der Waals surface area contributed by atoms with Gasteiger partial charge >= 0.3 is 0 Å². The van der Waals surface area contributed by atoms with Crippen LogP contribution in [-0.4, -0.2) is 50.9 Å². The van der Waals surface area contributed by atoms with E-state index in [4.69, 9.17) is 16.3 Å². The lowest BCUT2D eigenvalue weighted by molar-refractivity contribution is -0.140. The van der Waals surface area contributed by atoms with Crippen molar-refractivity contribution in [2.45, 2.75) is 44.7 Å². The first-order valence-corrected chi connectivity index (χ1v) is 18.0. The second kappa shape index (κ2) is 16.8. The van der Waals surface area contributed by atoms with E-state index in [1.807, 2.05) is 51.1 Å². The van der Waals surface area contributed by atoms with Crippen LogP contribution in [0.25, 0.3) is 0 Å². The SMILES string of the molecule is CCOc1ccc(N(CC(=O)N(Cc2ccccc2Cl)C(Cc2ccccc2)C(=O)NCC(C)C)S(=O)(=O)c2ccc(Br)cc2)cc1. The van der Waals surface area contributed by atoms with Gasteiger partial charge in [-0.3, -0.25) is 13.9 Å². The summed E-state index contributed by atoms with van der Waals surface area (Å²) in [6.07, 6.45) is 0.212. The van der Waals surface area contributed by atoms with Gasteiger partial charge in [0.2, 0.25) is 11.8 Å². The molecule has 0 spiro atoms. The summed E-state index contributed by atoms with van der Waals surface area (Å²) in [6, 6.07) is 28.3. The van der Waals surface area contributed by atoms with Crippen LogP contribution in [0.4, 0.5) is 5.69 Å². The molecule has 0 aliphatic rings. The van der Waals surface area contributed by atoms with Crippen LogP contribution in [0.5, 0.6) is 5.75 Å². The molecule has 4 aromatic carbocycles. The van der Waals surface area contributed by atoms with Gasteiger partial charge in [0.1, 0.15) is 18.3 Å². The first-order chi connectivity index (χ1) is 22.5. The summed E-state index contributed by atoms with van der Waals surface area (Å²) in [5.41, 5.74) is 1.74. The van der Waals surface area contributed by atoms with Crippen LogP contribution in [0.2, 0.25) is 5.02 Å². The second-order valence-corrected chi connectivity index (χ2v) is 14.5. The van der Waals surface area contributed by atoms with E-state index in [1.165, 1.54) is 17.0 Å². The van der Waals surface area contributed by atoms with Gasteiger partial charge in [-0.15, -0.1) is 0 Å². The highest BCUT2D eigenvalue weighted by molar-refractivity contribution is 9.10. The van der Waals surface area contributed by atoms with Gasteiger partial charge in [0.15, 0.2) is 0 Å². The topological polar surface area (TPSA) is 96.0 Å². The molecule has 1 N–H and O–H groups in total. The fourth-order valence-corrected chi connectivity index (χ4v) is 6.80. The minimum atomic E-state index is -4.23. The number of benzene rings is 4. The van der Waals surface area contributed by atoms with Crippen LogP contribution in [0.15, 0.2) is 112 Å². The van der Waals surface area contributed by atoms with Crippen molar-refractivity contribution in [3.8, 4) is 5.75 Å². The van der Waals surface area contributed by atoms with Gasteiger partial charge in [0, 0.05) is 29.0 Å². The van der Waals surface area contributed by atoms with E-state index in [1.54, 1.807) is 60.7 Å². The number of hydrogen-bond donors (Lipinski definition) is 1. The smallest absolute Gasteiger partial charge is 0.264 e. The summed E-state index contributed by atoms with van der Waals surface area (Å²) in [5, 5.41) is 3.41. The zero-order chi connectivity index (χ0) is 34.0. The molecule has 0 saturated heterocycles. The number of nitrogens with one attached hydrogen (secondary N) is 1. The molecular formula is C36H39BrClN3O5S. The number of nitrogens with zero attached hydrogens (tertiary/aromatic N) is 2. The van der Waals surface area contributed by atoms with E-state index in [0.717, 1.165) is 9.87 Å². The Morgan fingerprint density at radius 1 is 0.894 bits per heavy atom. The van der Waals surface area contributed by atoms with Crippen LogP contribution in [-0.2, 0) is 32.6 Å². The predicted molar refractivity (Wildman–Crippen MR) is 190 cm³/mol. The largest absolute Gasteiger partial charge is 0.494 e. The third-order valence-corrected chi connectivity index (χ3v) is 10.1. The average Bonchev–Trinajstić information content (AvgIpc) is 3.06. The quantitative estimate of drug-likeness (QED) is 0.140. The Morgan fingerprint density at radius 2 is 1.53 bits per heavy atom. The maximum atomic E-state index is 14.6. The molecular weight excluding hydrogens is 702 g/mol. The third-order valence-electron chi connectivity index (χ3n) is 7.37. The first-order valence-electron chi connectivity index (χ1n) is 15.3. The van der Waals surface area contributed by atoms with Crippen LogP contribution in [0.3, 0.4) is 0 Å². The Kier molecular flexibility index (Phi) is 12.9. The number of amides is 2. The van der Waals surface area contributed by atoms with E-state index in [2.05, 4.69) is 21.2 Å². The van der Waals surface area contributed by atoms with Crippen molar-refractivity contribution < 1.29 is 22.7 Å². The molecule has 8 nitrogen and oxygen atoms in total. The number of sulfonamides is 1. The molecule has 11 heteroatoms. The average molecular weight is 741 g/mol. The van der Waals surface area contributed by atoms with Crippen molar-refractivity contribution in [2.75, 3.05) is 24.0 Å². The van der Waals surface area contributed by atoms with Crippen molar-refractivity contribution in [3.05, 3.63) is 124 Å². The Bertz CT molecular complexity index is 1740. The molecule has 0 radical (unpaired) electrons. The summed E-state index contributed by atoms with van der Waals surface area (Å²) in [7, 11) is -4.23. The van der Waals surface area contributed by atoms with E-state index < -0.39 is 28.5 Å². The monoisotopic (exact) mass is 739 g/mol. The maximum absolute atomic E-state index is 14.6. The maximum Gasteiger partial charge on any atom is 0.264 e. The van der Waals surface area contributed by atoms with Crippen molar-refractivity contribution >= 4 is 55.1 Å². The van der Waals surface area contributed by atoms with E-state index in [9.17, 15) is 18.0 Å². The molecule has 4 aromatic rings. The lowest BCUT2D eigenvalue weighted by Gasteiger charge is -2.34. The summed E-state index contributed by atoms with van der Waals surface area (Å²) in [5.74, 6) is -0.171. The van der Waals surface area contributed by atoms with Gasteiger partial charge in [-0.05, 0) is 78.6 Å². The number of carbonyl (C=O) groups is 2. The summed E-state index contributed by atoms with van der Waals surface area (Å²) in [6.45, 7) is 6.10. The van der Waals surface area contributed by atoms with Crippen molar-refractivity contribution in [1.82, 2.24) is 10.2 Å². The Balaban J connectivity index is 1.80. The molecule has 0 fully saturated rings. The van der Waals surface area contributed by atoms with Crippen molar-refractivity contribution in [1.29, 1.82) is 0 Å². The first kappa shape index (κ1) is 36.0. The van der Waals surface area contributed by atoms with Gasteiger partial charge < -0.3 is 15.0 Å². The standard InChI is InChI=1S/C36H39BrClN3O5S/c1-4-46-31-18-16-30(17-19-31)41(47(44,45)32-20-14-29(37)15-21-32)25-35(42)40(24-28-12-8-9-13-33(28)38)34(36(43)39-23-26(2)3)22-27-10-6-5-7-11-27/h5-21,26,34H,4,22-25H2,1-3H3,(H,39,43). The normalized spacial score (nSPS) is 12.0. The lowest BCUT2D eigenvalue weighted by Crippen LogP contribution is -2.53. The molecule has 1 unspecified atom stereocenters. The molecule has 248 valence electrons. The van der Waals surface area contributed by atoms with Crippen molar-refractivity contribution in [2.24, 2.45) is 5.92 Å². The highest BCUT2D eigenvalue weighted by Gasteiger charge is 2.35. The molecule has 0 saturated carbocycles. The van der Waals surface area contributed by atoms with Crippen LogP contribution in [0.1, 0.15) is 31.9 Å². The second-order valence-electron chi connectivity index (χ2n) is 11.4. The molecule has 47 heavy (non-hydrogen) atoms. The van der Waals surface area contributed by atoms with Gasteiger partial charge in [0.25, 0.3) is 10.0 Å². The number of hydrogen-bond acceptors (Lipinski definition) is 5. The molecule has 0 aromatic heterocycles. The molecule has 0 bridgehead atoms. The van der Waals surface area contributed by atoms with Crippen molar-refractivity contribution in [3.63, 3.8) is 0 Å². The number of rotatable bonds is 15. The van der Waals surface area contributed by atoms with E-state index >= 15 is 0 Å². The number of ether oxygens (including phenoxy) is 1. The molecule has 0 aliphatic heterocycles. The van der Waals surface area contributed by atoms with Crippen LogP contribution < -0.4 is 14.4 Å². The van der Waals surface area contributed by atoms with Crippen LogP contribution in [0, 0.1) is 5.92 Å². The minimum absolute atomic E-state index is 0.00977. The fraction of sp³-hybridized carbons (Fsp3) is 0.278. The van der Waals surface area contributed by atoms with Gasteiger partial charge in [-0.25, -0.2) is 8.42 Å². The molecule has 4 rings (SSSR count). The Labute approximate surface area is 290 Å². The minimum Gasteiger partial charge on any atom is -0.494 e. The number of carbonyl (C=O) groups excluding carboxylic acids is 2. The molecule has 0 heterocycles. The number of anilines is 1. The fourth-order valence-electron chi connectivity index (χ4n) is 4.92. The highest BCUT2D eigenvalue weighted by Crippen LogP contribution is 2.28. The van der Waals surface area contributed by atoms with Gasteiger partial charge in [-0.1, -0.05) is 89.9 Å². The third kappa shape index (κ3) is 9.82. The van der Waals surface area contributed by atoms with E-state index in [0.29, 0.717) is 34.0 Å². The van der Waals surface area contributed by atoms with Crippen LogP contribution >= 0.6 is 27.5 Å². The van der Waals surface area contributed by atoms with E-state index in [-0.39, 0.29) is 35.4 Å². The lowest BCUT2D eigenvalue weighted by atomic mass is 10.0. The molecule has 0 aliphatic carbocycles. The zero-order valence-electron chi connectivity index (χ0n) is 26.6. The summed E-state index contributed by atoms with van der Waals surface area (Å²) < 4.78 is 35.8. The molecule has 2 amide bonds. The summed E-state index contributed by atoms with van der Waals surface area (Å²) >= 11 is 9.93. The predicted octanol–water partition coefficient (Wildman–Crippen LogP) is 7.11. The van der Waals surface area contributed by atoms with Gasteiger partial charge in [-0.2, -0.15) is 0 Å². The van der Waals surface area contributed by atoms with Gasteiger partial charge in [0.05, 0.1) is 17.2 Å². The summed E-state index contributed by atoms with van der Waals surface area (Å²) in [4.78, 5) is 29.9. The zero-order valence-corrected chi connectivity index (χ0v) is 29.8. The Morgan fingerprint density at radius 3 is 2.15 bits per heavy atom.